The van der Waals surface area contributed by atoms with Gasteiger partial charge in [0.2, 0.25) is 5.79 Å². The molecular formula is C49H77NO10. The molecule has 0 spiro atoms. The van der Waals surface area contributed by atoms with E-state index in [-0.39, 0.29) is 67.8 Å². The number of aliphatic hydroxyl groups excluding tert-OH is 1. The first-order chi connectivity index (χ1) is 28.4. The summed E-state index contributed by atoms with van der Waals surface area (Å²) in [6.45, 7) is 15.6. The number of piperidine rings is 1. The van der Waals surface area contributed by atoms with Gasteiger partial charge >= 0.3 is 5.97 Å². The molecule has 1 amide bonds. The summed E-state index contributed by atoms with van der Waals surface area (Å²) >= 11 is 0. The van der Waals surface area contributed by atoms with E-state index in [9.17, 15) is 34.2 Å². The average Bonchev–Trinajstić information content (AvgIpc) is 3.23. The number of likely N-dealkylation sites (tertiary alicyclic amines) is 1. The molecule has 11 atom stereocenters. The van der Waals surface area contributed by atoms with E-state index in [1.54, 1.807) is 34.0 Å². The first-order valence-electron chi connectivity index (χ1n) is 22.8. The molecule has 0 aromatic rings. The van der Waals surface area contributed by atoms with E-state index < -0.39 is 53.5 Å². The zero-order valence-electron chi connectivity index (χ0n) is 38.2. The minimum atomic E-state index is -2.25. The maximum absolute atomic E-state index is 14.1. The third kappa shape index (κ3) is 15.3. The largest absolute Gasteiger partial charge is 0.460 e. The second kappa shape index (κ2) is 25.0. The fraction of sp³-hybridized carbons (Fsp3) is 0.735. The molecule has 338 valence electrons. The van der Waals surface area contributed by atoms with Crippen molar-refractivity contribution in [2.75, 3.05) is 20.3 Å². The Kier molecular flexibility index (Phi) is 21.3. The second-order valence-corrected chi connectivity index (χ2v) is 18.3. The Morgan fingerprint density at radius 2 is 1.65 bits per heavy atom. The van der Waals surface area contributed by atoms with E-state index in [1.165, 1.54) is 10.5 Å². The van der Waals surface area contributed by atoms with Crippen LogP contribution in [0.1, 0.15) is 145 Å². The average molecular weight is 840 g/mol. The maximum Gasteiger partial charge on any atom is 0.329 e. The Morgan fingerprint density at radius 1 is 0.917 bits per heavy atom. The van der Waals surface area contributed by atoms with Crippen molar-refractivity contribution in [3.05, 3.63) is 47.6 Å². The normalized spacial score (nSPS) is 27.6. The van der Waals surface area contributed by atoms with Gasteiger partial charge in [-0.3, -0.25) is 19.2 Å². The minimum absolute atomic E-state index is 0.0439. The van der Waals surface area contributed by atoms with Crippen molar-refractivity contribution in [2.24, 2.45) is 35.5 Å². The van der Waals surface area contributed by atoms with Crippen molar-refractivity contribution in [3.8, 4) is 0 Å². The van der Waals surface area contributed by atoms with Crippen LogP contribution >= 0.6 is 0 Å². The van der Waals surface area contributed by atoms with Crippen LogP contribution in [0.25, 0.3) is 0 Å². The number of esters is 1. The number of ketones is 3. The highest BCUT2D eigenvalue weighted by Crippen LogP contribution is 2.35. The highest BCUT2D eigenvalue weighted by molar-refractivity contribution is 6.39. The number of nitrogens with zero attached hydrogens (tertiary/aromatic N) is 1. The summed E-state index contributed by atoms with van der Waals surface area (Å²) < 4.78 is 17.3. The van der Waals surface area contributed by atoms with Gasteiger partial charge in [-0.15, -0.1) is 0 Å². The number of hydrogen-bond donors (Lipinski definition) is 2. The van der Waals surface area contributed by atoms with Gasteiger partial charge < -0.3 is 29.3 Å². The number of aliphatic hydroxyl groups is 2. The molecule has 3 aliphatic rings. The van der Waals surface area contributed by atoms with Crippen LogP contribution in [0.3, 0.4) is 0 Å². The monoisotopic (exact) mass is 840 g/mol. The molecule has 0 aromatic heterocycles. The summed E-state index contributed by atoms with van der Waals surface area (Å²) in [6.07, 6.45) is 19.0. The molecule has 0 aromatic carbocycles. The smallest absolute Gasteiger partial charge is 0.329 e. The predicted octanol–water partition coefficient (Wildman–Crippen LogP) is 8.21. The number of methoxy groups -OCH3 is 1. The first-order valence-corrected chi connectivity index (χ1v) is 22.8. The predicted molar refractivity (Wildman–Crippen MR) is 234 cm³/mol. The molecular weight excluding hydrogens is 763 g/mol. The van der Waals surface area contributed by atoms with E-state index in [1.807, 2.05) is 32.1 Å². The first kappa shape index (κ1) is 51.1. The Hall–Kier alpha value is -3.25. The van der Waals surface area contributed by atoms with Gasteiger partial charge in [0.1, 0.15) is 23.7 Å². The van der Waals surface area contributed by atoms with Crippen LogP contribution in [0.4, 0.5) is 0 Å². The summed E-state index contributed by atoms with van der Waals surface area (Å²) in [5.41, 5.74) is 1.83. The molecule has 60 heavy (non-hydrogen) atoms. The molecule has 3 rings (SSSR count). The van der Waals surface area contributed by atoms with Crippen molar-refractivity contribution in [2.45, 2.75) is 175 Å². The molecule has 0 radical (unpaired) electrons. The SMILES string of the molecule is CC/C(C)=C/C=C/C=C/[C@@H](C)CC(C)C(=O)CC(O)/C(C)=C/[C@@H](C)C(=O)C[C@H](OC(=O)C1CCCCN1C(=O)C(=O)C1(O)OCCCC1C)[C@@H](C)CC1CCCC(OC)C1. The van der Waals surface area contributed by atoms with Crippen LogP contribution in [0.15, 0.2) is 47.6 Å². The van der Waals surface area contributed by atoms with Gasteiger partial charge in [-0.25, -0.2) is 4.79 Å². The number of amides is 1. The zero-order valence-corrected chi connectivity index (χ0v) is 38.2. The molecule has 11 heteroatoms. The molecule has 1 saturated carbocycles. The van der Waals surface area contributed by atoms with Crippen LogP contribution in [0, 0.1) is 35.5 Å². The van der Waals surface area contributed by atoms with Gasteiger partial charge in [-0.05, 0) is 101 Å². The molecule has 3 fully saturated rings. The number of ether oxygens (including phenoxy) is 3. The quantitative estimate of drug-likeness (QED) is 0.0472. The number of carbonyl (C=O) groups excluding carboxylic acids is 5. The molecule has 7 unspecified atom stereocenters. The van der Waals surface area contributed by atoms with Gasteiger partial charge in [0, 0.05) is 44.2 Å². The van der Waals surface area contributed by atoms with E-state index >= 15 is 0 Å². The lowest BCUT2D eigenvalue weighted by molar-refractivity contribution is -0.241. The molecule has 11 nitrogen and oxygen atoms in total. The summed E-state index contributed by atoms with van der Waals surface area (Å²) in [4.78, 5) is 69.5. The summed E-state index contributed by atoms with van der Waals surface area (Å²) in [6, 6.07) is -1.04. The minimum Gasteiger partial charge on any atom is -0.460 e. The van der Waals surface area contributed by atoms with E-state index in [0.29, 0.717) is 50.0 Å². The van der Waals surface area contributed by atoms with Gasteiger partial charge in [0.05, 0.1) is 18.8 Å². The summed E-state index contributed by atoms with van der Waals surface area (Å²) in [5.74, 6) is -6.36. The second-order valence-electron chi connectivity index (χ2n) is 18.3. The fourth-order valence-corrected chi connectivity index (χ4v) is 8.84. The van der Waals surface area contributed by atoms with Crippen LogP contribution in [-0.4, -0.2) is 94.7 Å². The number of Topliss-reactive ketones (excluding diaryl/α,β-unsaturated/α-hetero) is 3. The highest BCUT2D eigenvalue weighted by Gasteiger charge is 2.51. The molecule has 1 aliphatic carbocycles. The fourth-order valence-electron chi connectivity index (χ4n) is 8.84. The summed E-state index contributed by atoms with van der Waals surface area (Å²) in [5, 5.41) is 22.2. The molecule has 2 heterocycles. The number of carbonyl (C=O) groups is 5. The third-order valence-electron chi connectivity index (χ3n) is 13.2. The van der Waals surface area contributed by atoms with E-state index in [0.717, 1.165) is 32.1 Å². The molecule has 2 saturated heterocycles. The van der Waals surface area contributed by atoms with Crippen LogP contribution in [0.2, 0.25) is 0 Å². The van der Waals surface area contributed by atoms with E-state index in [4.69, 9.17) is 14.2 Å². The van der Waals surface area contributed by atoms with Crippen molar-refractivity contribution < 1.29 is 48.4 Å². The zero-order chi connectivity index (χ0) is 44.6. The lowest BCUT2D eigenvalue weighted by Gasteiger charge is -2.39. The Labute approximate surface area is 360 Å². The van der Waals surface area contributed by atoms with Crippen molar-refractivity contribution >= 4 is 29.2 Å². The van der Waals surface area contributed by atoms with Crippen molar-refractivity contribution in [1.82, 2.24) is 4.90 Å². The van der Waals surface area contributed by atoms with Gasteiger partial charge in [0.25, 0.3) is 11.7 Å². The van der Waals surface area contributed by atoms with Crippen LogP contribution < -0.4 is 0 Å². The standard InChI is InChI=1S/C49H77NO10/c1-10-32(2)18-12-11-13-19-33(3)26-34(4)42(51)30-43(52)35(5)27-36(6)44(53)31-45(37(7)28-39-21-16-22-40(29-39)58-9)60-48(56)41-23-14-15-24-50(41)47(55)46(54)49(57)38(8)20-17-25-59-49/h11-13,18-19,27,33-34,36-41,43,45,52,57H,10,14-17,20-26,28-31H2,1-9H3/b12-11+,19-13+,32-18+,35-27+/t33-,34?,36-,37+,38?,39?,40?,41?,43?,45+,49?/m1/s1. The Morgan fingerprint density at radius 3 is 2.33 bits per heavy atom. The lowest BCUT2D eigenvalue weighted by atomic mass is 9.79. The molecule has 0 bridgehead atoms. The maximum atomic E-state index is 14.1. The van der Waals surface area contributed by atoms with Crippen molar-refractivity contribution in [3.63, 3.8) is 0 Å². The number of allylic oxidation sites excluding steroid dienone is 7. The lowest BCUT2D eigenvalue weighted by Crippen LogP contribution is -2.59. The summed E-state index contributed by atoms with van der Waals surface area (Å²) in [7, 11) is 1.72. The van der Waals surface area contributed by atoms with Gasteiger partial charge in [-0.2, -0.15) is 0 Å². The number of rotatable bonds is 22. The van der Waals surface area contributed by atoms with E-state index in [2.05, 4.69) is 32.9 Å². The van der Waals surface area contributed by atoms with Crippen LogP contribution in [0.5, 0.6) is 0 Å². The van der Waals surface area contributed by atoms with Gasteiger partial charge in [-0.1, -0.05) is 96.4 Å². The number of hydrogen-bond acceptors (Lipinski definition) is 10. The third-order valence-corrected chi connectivity index (χ3v) is 13.2. The van der Waals surface area contributed by atoms with Crippen molar-refractivity contribution in [1.29, 1.82) is 0 Å². The Bertz CT molecular complexity index is 1560. The Balaban J connectivity index is 1.71. The highest BCUT2D eigenvalue weighted by atomic mass is 16.6. The topological polar surface area (TPSA) is 157 Å². The van der Waals surface area contributed by atoms with Crippen LogP contribution in [-0.2, 0) is 38.2 Å². The van der Waals surface area contributed by atoms with Gasteiger partial charge in [0.15, 0.2) is 0 Å². The molecule has 2 N–H and O–H groups in total. The molecule has 2 aliphatic heterocycles.